The first-order valence-corrected chi connectivity index (χ1v) is 10.4. The number of benzene rings is 1. The van der Waals surface area contributed by atoms with Crippen molar-refractivity contribution in [3.05, 3.63) is 59.9 Å². The number of carbonyl (C=O) groups is 2. The van der Waals surface area contributed by atoms with Crippen molar-refractivity contribution in [1.29, 1.82) is 0 Å². The van der Waals surface area contributed by atoms with E-state index in [1.54, 1.807) is 10.9 Å². The number of para-hydroxylation sites is 1. The average molecular weight is 393 g/mol. The molecule has 1 aliphatic carbocycles. The third-order valence-electron chi connectivity index (χ3n) is 5.77. The fraction of sp³-hybridized carbons (Fsp3) is 0.435. The van der Waals surface area contributed by atoms with Crippen molar-refractivity contribution in [3.8, 4) is 5.69 Å². The Kier molecular flexibility index (Phi) is 5.79. The zero-order valence-electron chi connectivity index (χ0n) is 16.9. The molecule has 6 nitrogen and oxygen atoms in total. The van der Waals surface area contributed by atoms with Crippen LogP contribution >= 0.6 is 0 Å². The highest BCUT2D eigenvalue weighted by atomic mass is 16.2. The zero-order valence-corrected chi connectivity index (χ0v) is 16.9. The van der Waals surface area contributed by atoms with Gasteiger partial charge in [-0.25, -0.2) is 4.68 Å². The molecule has 1 N–H and O–H groups in total. The van der Waals surface area contributed by atoms with Gasteiger partial charge in [0.25, 0.3) is 0 Å². The van der Waals surface area contributed by atoms with E-state index >= 15 is 0 Å². The van der Waals surface area contributed by atoms with Gasteiger partial charge in [0.15, 0.2) is 0 Å². The van der Waals surface area contributed by atoms with Gasteiger partial charge in [-0.1, -0.05) is 30.7 Å². The highest BCUT2D eigenvalue weighted by Crippen LogP contribution is 2.30. The van der Waals surface area contributed by atoms with Crippen LogP contribution in [0.2, 0.25) is 0 Å². The molecule has 1 unspecified atom stereocenters. The van der Waals surface area contributed by atoms with E-state index in [0.717, 1.165) is 37.2 Å². The Bertz CT molecular complexity index is 897. The number of hydrogen-bond acceptors (Lipinski definition) is 3. The molecule has 2 heterocycles. The number of allylic oxidation sites excluding steroid dienone is 1. The molecule has 0 bridgehead atoms. The summed E-state index contributed by atoms with van der Waals surface area (Å²) in [7, 11) is 0. The van der Waals surface area contributed by atoms with Gasteiger partial charge < -0.3 is 10.2 Å². The van der Waals surface area contributed by atoms with Gasteiger partial charge in [-0.3, -0.25) is 9.59 Å². The van der Waals surface area contributed by atoms with Crippen LogP contribution in [0.15, 0.2) is 54.4 Å². The van der Waals surface area contributed by atoms with E-state index in [2.05, 4.69) is 17.3 Å². The fourth-order valence-electron chi connectivity index (χ4n) is 4.04. The minimum atomic E-state index is -0.00977. The van der Waals surface area contributed by atoms with E-state index in [0.29, 0.717) is 24.8 Å². The quantitative estimate of drug-likeness (QED) is 0.769. The average Bonchev–Trinajstić information content (AvgIpc) is 3.30. The van der Waals surface area contributed by atoms with Crippen LogP contribution in [0.25, 0.3) is 5.69 Å². The van der Waals surface area contributed by atoms with Crippen molar-refractivity contribution < 1.29 is 9.59 Å². The minimum absolute atomic E-state index is 0.00977. The molecule has 1 aliphatic heterocycles. The molecule has 2 fully saturated rings. The molecule has 0 spiro atoms. The normalized spacial score (nSPS) is 20.7. The summed E-state index contributed by atoms with van der Waals surface area (Å²) in [6, 6.07) is 9.83. The van der Waals surface area contributed by atoms with Gasteiger partial charge in [-0.15, -0.1) is 0 Å². The SMILES string of the molecule is CC1CC/C(=C\C(=O)N2CC(CNC(=O)Cc3cnn(-c4ccccc4)c3)C2)C1. The topological polar surface area (TPSA) is 67.2 Å². The second-order valence-corrected chi connectivity index (χ2v) is 8.37. The number of nitrogens with zero attached hydrogens (tertiary/aromatic N) is 3. The standard InChI is InChI=1S/C23H28N4O2/c1-17-7-8-18(9-17)11-23(29)26-14-20(15-26)12-24-22(28)10-19-13-25-27(16-19)21-5-3-2-4-6-21/h2-6,11,13,16-17,20H,7-10,12,14-15H2,1H3,(H,24,28)/b18-11+. The molecular weight excluding hydrogens is 364 g/mol. The van der Waals surface area contributed by atoms with Crippen LogP contribution in [0.5, 0.6) is 0 Å². The second-order valence-electron chi connectivity index (χ2n) is 8.37. The maximum atomic E-state index is 12.3. The minimum Gasteiger partial charge on any atom is -0.355 e. The van der Waals surface area contributed by atoms with Crippen molar-refractivity contribution in [1.82, 2.24) is 20.0 Å². The largest absolute Gasteiger partial charge is 0.355 e. The molecule has 4 rings (SSSR count). The predicted octanol–water partition coefficient (Wildman–Crippen LogP) is 2.74. The monoisotopic (exact) mass is 392 g/mol. The summed E-state index contributed by atoms with van der Waals surface area (Å²) in [5.74, 6) is 1.17. The molecular formula is C23H28N4O2. The van der Waals surface area contributed by atoms with Crippen LogP contribution in [-0.4, -0.2) is 46.1 Å². The predicted molar refractivity (Wildman–Crippen MR) is 111 cm³/mol. The molecule has 29 heavy (non-hydrogen) atoms. The van der Waals surface area contributed by atoms with Crippen molar-refractivity contribution >= 4 is 11.8 Å². The highest BCUT2D eigenvalue weighted by Gasteiger charge is 2.30. The number of aromatic nitrogens is 2. The Balaban J connectivity index is 1.18. The first-order chi connectivity index (χ1) is 14.1. The van der Waals surface area contributed by atoms with E-state index in [1.807, 2.05) is 47.5 Å². The Hall–Kier alpha value is -2.89. The van der Waals surface area contributed by atoms with Crippen LogP contribution in [-0.2, 0) is 16.0 Å². The Morgan fingerprint density at radius 3 is 2.76 bits per heavy atom. The number of amides is 2. The summed E-state index contributed by atoms with van der Waals surface area (Å²) in [6.07, 6.45) is 9.07. The van der Waals surface area contributed by atoms with Crippen molar-refractivity contribution in [2.75, 3.05) is 19.6 Å². The van der Waals surface area contributed by atoms with Crippen LogP contribution in [0.1, 0.15) is 31.7 Å². The zero-order chi connectivity index (χ0) is 20.2. The van der Waals surface area contributed by atoms with Gasteiger partial charge in [0.1, 0.15) is 0 Å². The molecule has 1 atom stereocenters. The molecule has 6 heteroatoms. The number of hydrogen-bond donors (Lipinski definition) is 1. The van der Waals surface area contributed by atoms with Crippen molar-refractivity contribution in [2.45, 2.75) is 32.6 Å². The third kappa shape index (κ3) is 4.94. The van der Waals surface area contributed by atoms with E-state index < -0.39 is 0 Å². The lowest BCUT2D eigenvalue weighted by molar-refractivity contribution is -0.132. The number of rotatable bonds is 6. The maximum Gasteiger partial charge on any atom is 0.246 e. The van der Waals surface area contributed by atoms with E-state index in [9.17, 15) is 9.59 Å². The van der Waals surface area contributed by atoms with Gasteiger partial charge in [0, 0.05) is 37.8 Å². The molecule has 1 saturated heterocycles. The lowest BCUT2D eigenvalue weighted by atomic mass is 9.99. The number of nitrogens with one attached hydrogen (secondary N) is 1. The first kappa shape index (κ1) is 19.4. The maximum absolute atomic E-state index is 12.3. The molecule has 1 aromatic heterocycles. The number of likely N-dealkylation sites (tertiary alicyclic amines) is 1. The van der Waals surface area contributed by atoms with Gasteiger partial charge in [-0.05, 0) is 42.9 Å². The molecule has 1 aromatic carbocycles. The van der Waals surface area contributed by atoms with E-state index in [4.69, 9.17) is 0 Å². The molecule has 1 saturated carbocycles. The second kappa shape index (κ2) is 8.64. The summed E-state index contributed by atoms with van der Waals surface area (Å²) in [6.45, 7) is 4.30. The summed E-state index contributed by atoms with van der Waals surface area (Å²) >= 11 is 0. The highest BCUT2D eigenvalue weighted by molar-refractivity contribution is 5.89. The summed E-state index contributed by atoms with van der Waals surface area (Å²) in [5, 5.41) is 7.32. The summed E-state index contributed by atoms with van der Waals surface area (Å²) in [4.78, 5) is 26.4. The molecule has 2 amide bonds. The van der Waals surface area contributed by atoms with Gasteiger partial charge in [0.05, 0.1) is 18.3 Å². The van der Waals surface area contributed by atoms with Crippen molar-refractivity contribution in [3.63, 3.8) is 0 Å². The Morgan fingerprint density at radius 1 is 1.24 bits per heavy atom. The molecule has 0 radical (unpaired) electrons. The van der Waals surface area contributed by atoms with Crippen LogP contribution in [0, 0.1) is 11.8 Å². The Labute approximate surface area is 171 Å². The summed E-state index contributed by atoms with van der Waals surface area (Å²) in [5.41, 5.74) is 3.14. The van der Waals surface area contributed by atoms with Crippen LogP contribution in [0.3, 0.4) is 0 Å². The lowest BCUT2D eigenvalue weighted by Gasteiger charge is -2.38. The number of carbonyl (C=O) groups excluding carboxylic acids is 2. The Morgan fingerprint density at radius 2 is 2.03 bits per heavy atom. The van der Waals surface area contributed by atoms with Crippen molar-refractivity contribution in [2.24, 2.45) is 11.8 Å². The smallest absolute Gasteiger partial charge is 0.246 e. The van der Waals surface area contributed by atoms with E-state index in [-0.39, 0.29) is 11.8 Å². The van der Waals surface area contributed by atoms with E-state index in [1.165, 1.54) is 12.0 Å². The van der Waals surface area contributed by atoms with Crippen LogP contribution in [0.4, 0.5) is 0 Å². The molecule has 2 aromatic rings. The van der Waals surface area contributed by atoms with Crippen LogP contribution < -0.4 is 5.32 Å². The van der Waals surface area contributed by atoms with Gasteiger partial charge >= 0.3 is 0 Å². The third-order valence-corrected chi connectivity index (χ3v) is 5.77. The fourth-order valence-corrected chi connectivity index (χ4v) is 4.04. The molecule has 152 valence electrons. The first-order valence-electron chi connectivity index (χ1n) is 10.4. The lowest BCUT2D eigenvalue weighted by Crippen LogP contribution is -2.53. The summed E-state index contributed by atoms with van der Waals surface area (Å²) < 4.78 is 1.78. The van der Waals surface area contributed by atoms with Gasteiger partial charge in [0.2, 0.25) is 11.8 Å². The molecule has 2 aliphatic rings. The van der Waals surface area contributed by atoms with Gasteiger partial charge in [-0.2, -0.15) is 5.10 Å².